The number of aliphatic carboxylic acids is 1. The van der Waals surface area contributed by atoms with Crippen molar-refractivity contribution in [3.05, 3.63) is 0 Å². The van der Waals surface area contributed by atoms with E-state index in [1.165, 1.54) is 6.92 Å². The molecule has 0 aliphatic rings. The minimum atomic E-state index is -1.33. The van der Waals surface area contributed by atoms with Crippen molar-refractivity contribution in [1.29, 1.82) is 0 Å². The number of carboxylic acid groups (broad SMARTS) is 1. The van der Waals surface area contributed by atoms with Gasteiger partial charge in [0.05, 0.1) is 18.5 Å². The molecule has 0 unspecified atom stereocenters. The minimum absolute atomic E-state index is 0.0736. The van der Waals surface area contributed by atoms with Crippen LogP contribution in [-0.2, 0) is 19.2 Å². The minimum Gasteiger partial charge on any atom is -0.481 e. The Morgan fingerprint density at radius 1 is 1.21 bits per heavy atom. The standard InChI is InChI=1S/C13H24N6O5/c1-7(6-20)18-12(24)9(5-10(21)22)19-11(23)8(14)3-2-4-17-13(15)16/h6-9H,2-5,14H2,1H3,(H,18,24)(H,19,23)(H,21,22)(H4,15,16,17)/t7-,8-,9-/m0/s1. The Labute approximate surface area is 139 Å². The third kappa shape index (κ3) is 9.35. The molecule has 0 rings (SSSR count). The summed E-state index contributed by atoms with van der Waals surface area (Å²) >= 11 is 0. The van der Waals surface area contributed by atoms with Crippen LogP contribution in [0.15, 0.2) is 4.99 Å². The second-order valence-electron chi connectivity index (χ2n) is 5.15. The van der Waals surface area contributed by atoms with Crippen LogP contribution < -0.4 is 27.8 Å². The summed E-state index contributed by atoms with van der Waals surface area (Å²) in [5.41, 5.74) is 16.0. The molecule has 0 saturated heterocycles. The number of guanidine groups is 1. The molecule has 0 aliphatic heterocycles. The zero-order chi connectivity index (χ0) is 18.7. The summed E-state index contributed by atoms with van der Waals surface area (Å²) in [6.07, 6.45) is 0.524. The SMILES string of the molecule is C[C@@H](C=O)NC(=O)[C@H](CC(=O)O)NC(=O)[C@@H](N)CCCN=C(N)N. The first-order chi connectivity index (χ1) is 11.2. The molecule has 0 aromatic rings. The number of hydrogen-bond acceptors (Lipinski definition) is 6. The molecule has 0 heterocycles. The highest BCUT2D eigenvalue weighted by Gasteiger charge is 2.26. The van der Waals surface area contributed by atoms with Gasteiger partial charge < -0.3 is 37.7 Å². The summed E-state index contributed by atoms with van der Waals surface area (Å²) in [6, 6.07) is -3.09. The van der Waals surface area contributed by atoms with Gasteiger partial charge in [0, 0.05) is 6.54 Å². The highest BCUT2D eigenvalue weighted by molar-refractivity contribution is 5.93. The molecule has 0 fully saturated rings. The summed E-state index contributed by atoms with van der Waals surface area (Å²) in [7, 11) is 0. The van der Waals surface area contributed by atoms with Gasteiger partial charge in [-0.25, -0.2) is 0 Å². The van der Waals surface area contributed by atoms with Gasteiger partial charge in [-0.15, -0.1) is 0 Å². The number of nitrogens with one attached hydrogen (secondary N) is 2. The Morgan fingerprint density at radius 2 is 1.83 bits per heavy atom. The second kappa shape index (κ2) is 10.9. The largest absolute Gasteiger partial charge is 0.481 e. The normalized spacial score (nSPS) is 13.9. The molecule has 0 aromatic carbocycles. The van der Waals surface area contributed by atoms with Crippen molar-refractivity contribution in [2.24, 2.45) is 22.2 Å². The maximum absolute atomic E-state index is 12.0. The summed E-state index contributed by atoms with van der Waals surface area (Å²) in [5.74, 6) is -2.82. The average Bonchev–Trinajstić information content (AvgIpc) is 2.49. The summed E-state index contributed by atoms with van der Waals surface area (Å²) in [5, 5.41) is 13.4. The number of amides is 2. The summed E-state index contributed by atoms with van der Waals surface area (Å²) in [6.45, 7) is 1.71. The molecule has 11 heteroatoms. The Morgan fingerprint density at radius 3 is 2.33 bits per heavy atom. The van der Waals surface area contributed by atoms with Gasteiger partial charge in [0.25, 0.3) is 0 Å². The van der Waals surface area contributed by atoms with Gasteiger partial charge in [-0.2, -0.15) is 0 Å². The monoisotopic (exact) mass is 344 g/mol. The quantitative estimate of drug-likeness (QED) is 0.0985. The number of aliphatic imine (C=N–C) groups is 1. The van der Waals surface area contributed by atoms with Crippen LogP contribution in [0.5, 0.6) is 0 Å². The molecule has 3 atom stereocenters. The topological polar surface area (TPSA) is 203 Å². The lowest BCUT2D eigenvalue weighted by Gasteiger charge is -2.20. The highest BCUT2D eigenvalue weighted by atomic mass is 16.4. The zero-order valence-corrected chi connectivity index (χ0v) is 13.4. The smallest absolute Gasteiger partial charge is 0.305 e. The number of carbonyl (C=O) groups is 4. The second-order valence-corrected chi connectivity index (χ2v) is 5.15. The van der Waals surface area contributed by atoms with Gasteiger partial charge in [-0.3, -0.25) is 19.4 Å². The molecule has 2 amide bonds. The number of aldehydes is 1. The third-order valence-electron chi connectivity index (χ3n) is 2.89. The number of rotatable bonds is 11. The van der Waals surface area contributed by atoms with Crippen LogP contribution >= 0.6 is 0 Å². The van der Waals surface area contributed by atoms with Gasteiger partial charge in [0.15, 0.2) is 5.96 Å². The lowest BCUT2D eigenvalue weighted by Crippen LogP contribution is -2.53. The number of carbonyl (C=O) groups excluding carboxylic acids is 3. The number of nitrogens with two attached hydrogens (primary N) is 3. The molecule has 0 aromatic heterocycles. The zero-order valence-electron chi connectivity index (χ0n) is 13.4. The average molecular weight is 344 g/mol. The number of carboxylic acids is 1. The van der Waals surface area contributed by atoms with Crippen LogP contribution in [0.3, 0.4) is 0 Å². The van der Waals surface area contributed by atoms with Gasteiger partial charge >= 0.3 is 5.97 Å². The summed E-state index contributed by atoms with van der Waals surface area (Å²) < 4.78 is 0. The van der Waals surface area contributed by atoms with Crippen molar-refractivity contribution in [3.63, 3.8) is 0 Å². The fraction of sp³-hybridized carbons (Fsp3) is 0.615. The molecule has 0 saturated carbocycles. The lowest BCUT2D eigenvalue weighted by atomic mass is 10.1. The van der Waals surface area contributed by atoms with E-state index in [-0.39, 0.29) is 12.4 Å². The molecule has 0 aliphatic carbocycles. The molecule has 24 heavy (non-hydrogen) atoms. The van der Waals surface area contributed by atoms with Crippen LogP contribution in [0.4, 0.5) is 0 Å². The van der Waals surface area contributed by atoms with E-state index >= 15 is 0 Å². The first-order valence-electron chi connectivity index (χ1n) is 7.26. The van der Waals surface area contributed by atoms with Crippen LogP contribution in [0.2, 0.25) is 0 Å². The van der Waals surface area contributed by atoms with Crippen molar-refractivity contribution in [1.82, 2.24) is 10.6 Å². The molecule has 136 valence electrons. The van der Waals surface area contributed by atoms with Crippen LogP contribution in [0.25, 0.3) is 0 Å². The van der Waals surface area contributed by atoms with E-state index in [1.54, 1.807) is 0 Å². The van der Waals surface area contributed by atoms with Crippen molar-refractivity contribution in [3.8, 4) is 0 Å². The first kappa shape index (κ1) is 21.3. The molecular weight excluding hydrogens is 320 g/mol. The van der Waals surface area contributed by atoms with Crippen LogP contribution in [-0.4, -0.2) is 59.8 Å². The van der Waals surface area contributed by atoms with Gasteiger partial charge in [0.1, 0.15) is 12.3 Å². The fourth-order valence-corrected chi connectivity index (χ4v) is 1.67. The van der Waals surface area contributed by atoms with Gasteiger partial charge in [-0.1, -0.05) is 0 Å². The van der Waals surface area contributed by atoms with Crippen LogP contribution in [0, 0.1) is 0 Å². The maximum Gasteiger partial charge on any atom is 0.305 e. The van der Waals surface area contributed by atoms with E-state index in [0.29, 0.717) is 19.3 Å². The Hall–Kier alpha value is -2.69. The van der Waals surface area contributed by atoms with Gasteiger partial charge in [-0.05, 0) is 19.8 Å². The lowest BCUT2D eigenvalue weighted by molar-refractivity contribution is -0.140. The molecule has 0 radical (unpaired) electrons. The predicted octanol–water partition coefficient (Wildman–Crippen LogP) is -2.97. The fourth-order valence-electron chi connectivity index (χ4n) is 1.67. The first-order valence-corrected chi connectivity index (χ1v) is 7.26. The highest BCUT2D eigenvalue weighted by Crippen LogP contribution is 1.99. The predicted molar refractivity (Wildman–Crippen MR) is 85.7 cm³/mol. The van der Waals surface area contributed by atoms with E-state index < -0.39 is 42.3 Å². The number of hydrogen-bond donors (Lipinski definition) is 6. The van der Waals surface area contributed by atoms with Gasteiger partial charge in [0.2, 0.25) is 11.8 Å². The molecular formula is C13H24N6O5. The molecule has 11 nitrogen and oxygen atoms in total. The van der Waals surface area contributed by atoms with Crippen molar-refractivity contribution < 1.29 is 24.3 Å². The number of nitrogens with zero attached hydrogens (tertiary/aromatic N) is 1. The Balaban J connectivity index is 4.62. The van der Waals surface area contributed by atoms with Crippen molar-refractivity contribution >= 4 is 30.0 Å². The van der Waals surface area contributed by atoms with E-state index in [1.807, 2.05) is 0 Å². The Kier molecular flexibility index (Phi) is 9.71. The summed E-state index contributed by atoms with van der Waals surface area (Å²) in [4.78, 5) is 49.0. The van der Waals surface area contributed by atoms with E-state index in [9.17, 15) is 19.2 Å². The maximum atomic E-state index is 12.0. The van der Waals surface area contributed by atoms with E-state index in [2.05, 4.69) is 15.6 Å². The third-order valence-corrected chi connectivity index (χ3v) is 2.89. The molecule has 9 N–H and O–H groups in total. The van der Waals surface area contributed by atoms with E-state index in [0.717, 1.165) is 0 Å². The van der Waals surface area contributed by atoms with Crippen molar-refractivity contribution in [2.45, 2.75) is 44.3 Å². The van der Waals surface area contributed by atoms with Crippen molar-refractivity contribution in [2.75, 3.05) is 6.54 Å². The van der Waals surface area contributed by atoms with Crippen LogP contribution in [0.1, 0.15) is 26.2 Å². The Bertz CT molecular complexity index is 491. The molecule has 0 bridgehead atoms. The molecule has 0 spiro atoms. The van der Waals surface area contributed by atoms with E-state index in [4.69, 9.17) is 22.3 Å².